The smallest absolute Gasteiger partial charge is 0.410 e. The lowest BCUT2D eigenvalue weighted by Crippen LogP contribution is -2.57. The number of hydrogen-bond acceptors (Lipinski definition) is 5. The highest BCUT2D eigenvalue weighted by atomic mass is 16.6. The number of benzene rings is 3. The van der Waals surface area contributed by atoms with Crippen LogP contribution in [0.1, 0.15) is 59.8 Å². The molecule has 1 aliphatic heterocycles. The number of carbonyl (C=O) groups is 3. The zero-order valence-electron chi connectivity index (χ0n) is 24.7. The maximum absolute atomic E-state index is 13.7. The monoisotopic (exact) mass is 556 g/mol. The summed E-state index contributed by atoms with van der Waals surface area (Å²) < 4.78 is 11.8. The third-order valence-corrected chi connectivity index (χ3v) is 7.11. The topological polar surface area (TPSA) is 76.2 Å². The average molecular weight is 557 g/mol. The molecule has 0 N–H and O–H groups in total. The molecule has 0 aromatic heterocycles. The minimum absolute atomic E-state index is 0.0335. The molecule has 7 heteroatoms. The Morgan fingerprint density at radius 3 is 2.29 bits per heavy atom. The number of carbonyl (C=O) groups excluding carboxylic acids is 3. The molecule has 1 atom stereocenters. The van der Waals surface area contributed by atoms with Crippen LogP contribution in [-0.2, 0) is 22.4 Å². The van der Waals surface area contributed by atoms with Gasteiger partial charge in [0.05, 0.1) is 11.6 Å². The Balaban J connectivity index is 1.49. The van der Waals surface area contributed by atoms with Gasteiger partial charge in [-0.15, -0.1) is 0 Å². The predicted octanol–water partition coefficient (Wildman–Crippen LogP) is 6.53. The lowest BCUT2D eigenvalue weighted by Gasteiger charge is -2.42. The SMILES string of the molecule is Cc1ccc(Oc2ccc(C)cc2CCC(=O)N2CCN(C(=O)OC(C)(C)C)CC2Cc2ccccc2)c(C=O)c1. The molecule has 0 radical (unpaired) electrons. The molecule has 0 spiro atoms. The van der Waals surface area contributed by atoms with Crippen molar-refractivity contribution in [3.63, 3.8) is 0 Å². The van der Waals surface area contributed by atoms with Crippen molar-refractivity contribution in [1.29, 1.82) is 0 Å². The Morgan fingerprint density at radius 2 is 1.61 bits per heavy atom. The predicted molar refractivity (Wildman–Crippen MR) is 160 cm³/mol. The van der Waals surface area contributed by atoms with E-state index in [1.807, 2.05) is 94.1 Å². The van der Waals surface area contributed by atoms with Gasteiger partial charge in [0, 0.05) is 26.1 Å². The summed E-state index contributed by atoms with van der Waals surface area (Å²) in [6, 6.07) is 21.2. The van der Waals surface area contributed by atoms with E-state index >= 15 is 0 Å². The first-order chi connectivity index (χ1) is 19.5. The second-order valence-electron chi connectivity index (χ2n) is 11.7. The van der Waals surface area contributed by atoms with Gasteiger partial charge < -0.3 is 19.3 Å². The van der Waals surface area contributed by atoms with E-state index in [0.717, 1.165) is 28.5 Å². The highest BCUT2D eigenvalue weighted by Crippen LogP contribution is 2.30. The Morgan fingerprint density at radius 1 is 0.927 bits per heavy atom. The number of ether oxygens (including phenoxy) is 2. The highest BCUT2D eigenvalue weighted by molar-refractivity contribution is 5.80. The maximum atomic E-state index is 13.7. The van der Waals surface area contributed by atoms with Gasteiger partial charge >= 0.3 is 6.09 Å². The van der Waals surface area contributed by atoms with E-state index in [1.54, 1.807) is 17.0 Å². The maximum Gasteiger partial charge on any atom is 0.410 e. The van der Waals surface area contributed by atoms with Crippen LogP contribution in [-0.4, -0.2) is 59.4 Å². The summed E-state index contributed by atoms with van der Waals surface area (Å²) in [6.07, 6.45) is 1.87. The molecule has 0 saturated carbocycles. The number of amides is 2. The Kier molecular flexibility index (Phi) is 9.48. The van der Waals surface area contributed by atoms with Crippen molar-refractivity contribution >= 4 is 18.3 Å². The number of nitrogens with zero attached hydrogens (tertiary/aromatic N) is 2. The van der Waals surface area contributed by atoms with E-state index in [1.165, 1.54) is 0 Å². The van der Waals surface area contributed by atoms with Crippen LogP contribution in [0, 0.1) is 13.8 Å². The number of hydrogen-bond donors (Lipinski definition) is 0. The van der Waals surface area contributed by atoms with Crippen molar-refractivity contribution in [1.82, 2.24) is 9.80 Å². The van der Waals surface area contributed by atoms with Crippen molar-refractivity contribution in [2.24, 2.45) is 0 Å². The molecule has 0 aliphatic carbocycles. The van der Waals surface area contributed by atoms with Crippen LogP contribution in [0.4, 0.5) is 4.79 Å². The van der Waals surface area contributed by atoms with Crippen molar-refractivity contribution < 1.29 is 23.9 Å². The fourth-order valence-corrected chi connectivity index (χ4v) is 5.10. The fourth-order valence-electron chi connectivity index (χ4n) is 5.10. The van der Waals surface area contributed by atoms with E-state index in [2.05, 4.69) is 0 Å². The summed E-state index contributed by atoms with van der Waals surface area (Å²) in [5.74, 6) is 1.15. The molecule has 1 heterocycles. The molecule has 1 aliphatic rings. The molecule has 41 heavy (non-hydrogen) atoms. The van der Waals surface area contributed by atoms with Crippen LogP contribution < -0.4 is 4.74 Å². The number of piperazine rings is 1. The lowest BCUT2D eigenvalue weighted by molar-refractivity contribution is -0.136. The minimum atomic E-state index is -0.586. The molecule has 7 nitrogen and oxygen atoms in total. The van der Waals surface area contributed by atoms with Gasteiger partial charge in [-0.3, -0.25) is 9.59 Å². The zero-order chi connectivity index (χ0) is 29.6. The highest BCUT2D eigenvalue weighted by Gasteiger charge is 2.34. The molecule has 2 amide bonds. The normalized spacial score (nSPS) is 15.4. The molecular formula is C34H40N2O5. The molecule has 1 unspecified atom stereocenters. The summed E-state index contributed by atoms with van der Waals surface area (Å²) >= 11 is 0. The van der Waals surface area contributed by atoms with Crippen LogP contribution in [0.3, 0.4) is 0 Å². The number of aldehydes is 1. The van der Waals surface area contributed by atoms with Gasteiger partial charge in [-0.1, -0.05) is 59.7 Å². The molecule has 4 rings (SSSR count). The molecule has 1 saturated heterocycles. The first-order valence-electron chi connectivity index (χ1n) is 14.2. The summed E-state index contributed by atoms with van der Waals surface area (Å²) in [5, 5.41) is 0. The third kappa shape index (κ3) is 8.19. The van der Waals surface area contributed by atoms with E-state index in [9.17, 15) is 14.4 Å². The first-order valence-corrected chi connectivity index (χ1v) is 14.2. The van der Waals surface area contributed by atoms with Crippen LogP contribution >= 0.6 is 0 Å². The summed E-state index contributed by atoms with van der Waals surface area (Å²) in [7, 11) is 0. The van der Waals surface area contributed by atoms with Gasteiger partial charge in [0.25, 0.3) is 0 Å². The summed E-state index contributed by atoms with van der Waals surface area (Å²) in [5.41, 5.74) is 3.96. The van der Waals surface area contributed by atoms with Gasteiger partial charge in [-0.2, -0.15) is 0 Å². The van der Waals surface area contributed by atoms with Crippen LogP contribution in [0.2, 0.25) is 0 Å². The van der Waals surface area contributed by atoms with E-state index in [-0.39, 0.29) is 18.0 Å². The Bertz CT molecular complexity index is 1380. The second-order valence-corrected chi connectivity index (χ2v) is 11.7. The minimum Gasteiger partial charge on any atom is -0.456 e. The summed E-state index contributed by atoms with van der Waals surface area (Å²) in [4.78, 5) is 41.8. The van der Waals surface area contributed by atoms with Gasteiger partial charge in [-0.05, 0) is 76.8 Å². The molecule has 0 bridgehead atoms. The Labute approximate surface area is 243 Å². The van der Waals surface area contributed by atoms with E-state index < -0.39 is 5.60 Å². The first kappa shape index (κ1) is 29.8. The zero-order valence-corrected chi connectivity index (χ0v) is 24.7. The Hall–Kier alpha value is -4.13. The fraction of sp³-hybridized carbons (Fsp3) is 0.382. The quantitative estimate of drug-likeness (QED) is 0.295. The third-order valence-electron chi connectivity index (χ3n) is 7.11. The van der Waals surface area contributed by atoms with Gasteiger partial charge in [0.15, 0.2) is 6.29 Å². The lowest BCUT2D eigenvalue weighted by atomic mass is 10.0. The van der Waals surface area contributed by atoms with E-state index in [0.29, 0.717) is 56.0 Å². The van der Waals surface area contributed by atoms with E-state index in [4.69, 9.17) is 9.47 Å². The molecule has 216 valence electrons. The number of aryl methyl sites for hydroxylation is 3. The van der Waals surface area contributed by atoms with Crippen molar-refractivity contribution in [3.8, 4) is 11.5 Å². The molecule has 3 aromatic rings. The number of rotatable bonds is 8. The van der Waals surface area contributed by atoms with Gasteiger partial charge in [0.2, 0.25) is 5.91 Å². The van der Waals surface area contributed by atoms with Crippen molar-refractivity contribution in [2.75, 3.05) is 19.6 Å². The standard InChI is InChI=1S/C34H40N2O5/c1-24-11-14-30(40-31-15-12-25(2)20-28(31)23-37)27(19-24)13-16-32(38)36-18-17-35(33(39)41-34(3,4)5)22-29(36)21-26-9-7-6-8-10-26/h6-12,14-15,19-20,23,29H,13,16-18,21-22H2,1-5H3. The van der Waals surface area contributed by atoms with Gasteiger partial charge in [0.1, 0.15) is 17.1 Å². The largest absolute Gasteiger partial charge is 0.456 e. The van der Waals surface area contributed by atoms with Crippen LogP contribution in [0.5, 0.6) is 11.5 Å². The molecular weight excluding hydrogens is 516 g/mol. The molecule has 1 fully saturated rings. The van der Waals surface area contributed by atoms with Gasteiger partial charge in [-0.25, -0.2) is 4.79 Å². The second kappa shape index (κ2) is 13.0. The van der Waals surface area contributed by atoms with Crippen LogP contribution in [0.25, 0.3) is 0 Å². The summed E-state index contributed by atoms with van der Waals surface area (Å²) in [6.45, 7) is 10.8. The van der Waals surface area contributed by atoms with Crippen molar-refractivity contribution in [2.45, 2.75) is 65.5 Å². The van der Waals surface area contributed by atoms with Crippen molar-refractivity contribution in [3.05, 3.63) is 94.5 Å². The molecule has 3 aromatic carbocycles. The van der Waals surface area contributed by atoms with Crippen LogP contribution in [0.15, 0.2) is 66.7 Å². The average Bonchev–Trinajstić information content (AvgIpc) is 2.93.